The predicted molar refractivity (Wildman–Crippen MR) is 140 cm³/mol. The lowest BCUT2D eigenvalue weighted by molar-refractivity contribution is -0.205. The standard InChI is InChI=1S/C26H39ClN2O6S/c1-14(27)18(24-21(31)20(30)22(32)26(35-24)36-2)29-25(33)19-23-17(13-28-19)12-16(10-11-34-23)9-8-15-6-4-3-5-7-15/h3-7,14,16-24,26,28,30-32H,8-13H2,1-2H3,(H,29,33)/t14?,16-,17-,18+,19?,20?,21?,22+,23+,24+,26?/m0/s1. The van der Waals surface area contributed by atoms with Crippen molar-refractivity contribution in [1.82, 2.24) is 10.6 Å². The number of hydrogen-bond acceptors (Lipinski definition) is 8. The van der Waals surface area contributed by atoms with Crippen molar-refractivity contribution in [1.29, 1.82) is 0 Å². The van der Waals surface area contributed by atoms with Crippen LogP contribution in [-0.4, -0.2) is 94.1 Å². The number of halogens is 1. The summed E-state index contributed by atoms with van der Waals surface area (Å²) in [7, 11) is 0. The molecule has 4 rings (SSSR count). The number of ether oxygens (including phenoxy) is 2. The molecule has 1 aromatic rings. The van der Waals surface area contributed by atoms with Gasteiger partial charge in [0.05, 0.1) is 17.5 Å². The molecule has 3 fully saturated rings. The van der Waals surface area contributed by atoms with Gasteiger partial charge in [-0.25, -0.2) is 0 Å². The number of carbonyl (C=O) groups excluding carboxylic acids is 1. The van der Waals surface area contributed by atoms with E-state index in [2.05, 4.69) is 34.9 Å². The average Bonchev–Trinajstić information content (AvgIpc) is 3.16. The Kier molecular flexibility index (Phi) is 9.96. The van der Waals surface area contributed by atoms with Crippen LogP contribution < -0.4 is 10.6 Å². The summed E-state index contributed by atoms with van der Waals surface area (Å²) in [4.78, 5) is 13.4. The number of benzene rings is 1. The van der Waals surface area contributed by atoms with Crippen LogP contribution in [0.5, 0.6) is 0 Å². The highest BCUT2D eigenvalue weighted by Gasteiger charge is 2.49. The first kappa shape index (κ1) is 28.1. The number of aliphatic hydroxyl groups excluding tert-OH is 3. The number of carbonyl (C=O) groups is 1. The molecule has 0 aliphatic carbocycles. The molecule has 36 heavy (non-hydrogen) atoms. The largest absolute Gasteiger partial charge is 0.388 e. The van der Waals surface area contributed by atoms with E-state index in [1.54, 1.807) is 13.2 Å². The summed E-state index contributed by atoms with van der Waals surface area (Å²) >= 11 is 7.65. The third-order valence-corrected chi connectivity index (χ3v) is 8.95. The SMILES string of the molecule is CSC1O[C@H]([C@H](NC(=O)C2NC[C@@H]3C[C@@H](CCc4ccccc4)CCO[C@@H]23)C(C)Cl)C(O)C(O)[C@H]1O. The van der Waals surface area contributed by atoms with E-state index in [1.165, 1.54) is 17.3 Å². The van der Waals surface area contributed by atoms with Crippen LogP contribution in [0, 0.1) is 11.8 Å². The minimum absolute atomic E-state index is 0.235. The van der Waals surface area contributed by atoms with Crippen molar-refractivity contribution in [2.75, 3.05) is 19.4 Å². The van der Waals surface area contributed by atoms with Crippen LogP contribution in [0.25, 0.3) is 0 Å². The molecule has 0 spiro atoms. The first-order valence-corrected chi connectivity index (χ1v) is 14.6. The summed E-state index contributed by atoms with van der Waals surface area (Å²) in [6.45, 7) is 3.03. The molecule has 0 aromatic heterocycles. The van der Waals surface area contributed by atoms with E-state index in [1.807, 2.05) is 6.07 Å². The summed E-state index contributed by atoms with van der Waals surface area (Å²) < 4.78 is 12.1. The summed E-state index contributed by atoms with van der Waals surface area (Å²) in [5.41, 5.74) is 0.603. The van der Waals surface area contributed by atoms with Crippen molar-refractivity contribution in [3.8, 4) is 0 Å². The number of aliphatic hydroxyl groups is 3. The number of thioether (sulfide) groups is 1. The zero-order valence-corrected chi connectivity index (χ0v) is 22.4. The number of hydrogen-bond donors (Lipinski definition) is 5. The van der Waals surface area contributed by atoms with Crippen LogP contribution in [0.3, 0.4) is 0 Å². The van der Waals surface area contributed by atoms with Crippen molar-refractivity contribution in [2.45, 2.75) is 86.0 Å². The second-order valence-electron chi connectivity index (χ2n) is 10.3. The molecule has 1 aromatic carbocycles. The van der Waals surface area contributed by atoms with Gasteiger partial charge >= 0.3 is 0 Å². The zero-order valence-electron chi connectivity index (χ0n) is 20.8. The van der Waals surface area contributed by atoms with Crippen molar-refractivity contribution < 1.29 is 29.6 Å². The Labute approximate surface area is 222 Å². The third-order valence-electron chi connectivity index (χ3n) is 7.83. The molecule has 5 unspecified atom stereocenters. The highest BCUT2D eigenvalue weighted by molar-refractivity contribution is 7.99. The highest BCUT2D eigenvalue weighted by atomic mass is 35.5. The molecule has 3 aliphatic heterocycles. The van der Waals surface area contributed by atoms with Crippen LogP contribution in [0.1, 0.15) is 31.7 Å². The van der Waals surface area contributed by atoms with E-state index < -0.39 is 47.3 Å². The number of rotatable bonds is 8. The van der Waals surface area contributed by atoms with Crippen molar-refractivity contribution in [3.05, 3.63) is 35.9 Å². The predicted octanol–water partition coefficient (Wildman–Crippen LogP) is 1.29. The lowest BCUT2D eigenvalue weighted by atomic mass is 9.86. The summed E-state index contributed by atoms with van der Waals surface area (Å²) in [5.74, 6) is 0.520. The van der Waals surface area contributed by atoms with E-state index in [0.29, 0.717) is 19.1 Å². The fraction of sp³-hybridized carbons (Fsp3) is 0.731. The molecule has 5 N–H and O–H groups in total. The monoisotopic (exact) mass is 542 g/mol. The maximum absolute atomic E-state index is 13.4. The van der Waals surface area contributed by atoms with Crippen LogP contribution in [0.4, 0.5) is 0 Å². The molecule has 10 heteroatoms. The van der Waals surface area contributed by atoms with Crippen LogP contribution >= 0.6 is 23.4 Å². The molecule has 202 valence electrons. The zero-order chi connectivity index (χ0) is 25.8. The molecule has 0 bridgehead atoms. The maximum atomic E-state index is 13.4. The van der Waals surface area contributed by atoms with Gasteiger partial charge in [-0.15, -0.1) is 23.4 Å². The molecule has 11 atom stereocenters. The Bertz CT molecular complexity index is 849. The first-order chi connectivity index (χ1) is 17.3. The van der Waals surface area contributed by atoms with E-state index in [-0.39, 0.29) is 17.9 Å². The van der Waals surface area contributed by atoms with Gasteiger partial charge in [0.15, 0.2) is 0 Å². The van der Waals surface area contributed by atoms with Gasteiger partial charge in [-0.2, -0.15) is 0 Å². The second-order valence-corrected chi connectivity index (χ2v) is 11.9. The van der Waals surface area contributed by atoms with Crippen molar-refractivity contribution >= 4 is 29.3 Å². The minimum atomic E-state index is -1.40. The first-order valence-electron chi connectivity index (χ1n) is 12.9. The summed E-state index contributed by atoms with van der Waals surface area (Å²) in [6.07, 6.45) is 0.640. The molecule has 3 aliphatic rings. The lowest BCUT2D eigenvalue weighted by Gasteiger charge is -2.44. The quantitative estimate of drug-likeness (QED) is 0.312. The Morgan fingerprint density at radius 3 is 2.67 bits per heavy atom. The number of aryl methyl sites for hydroxylation is 1. The number of fused-ring (bicyclic) bond motifs is 1. The Morgan fingerprint density at radius 2 is 1.97 bits per heavy atom. The molecular weight excluding hydrogens is 504 g/mol. The highest BCUT2D eigenvalue weighted by Crippen LogP contribution is 2.34. The van der Waals surface area contributed by atoms with Crippen molar-refractivity contribution in [3.63, 3.8) is 0 Å². The van der Waals surface area contributed by atoms with Crippen LogP contribution in [0.2, 0.25) is 0 Å². The Morgan fingerprint density at radius 1 is 1.22 bits per heavy atom. The molecule has 3 saturated heterocycles. The smallest absolute Gasteiger partial charge is 0.240 e. The van der Waals surface area contributed by atoms with Gasteiger partial charge in [-0.1, -0.05) is 30.3 Å². The van der Waals surface area contributed by atoms with Gasteiger partial charge in [-0.05, 0) is 56.3 Å². The maximum Gasteiger partial charge on any atom is 0.240 e. The second kappa shape index (κ2) is 12.8. The fourth-order valence-electron chi connectivity index (χ4n) is 5.75. The Balaban J connectivity index is 1.37. The van der Waals surface area contributed by atoms with Crippen molar-refractivity contribution in [2.24, 2.45) is 11.8 Å². The van der Waals surface area contributed by atoms with Crippen LogP contribution in [0.15, 0.2) is 30.3 Å². The number of alkyl halides is 1. The summed E-state index contributed by atoms with van der Waals surface area (Å²) in [6, 6.07) is 9.20. The molecular formula is C26H39ClN2O6S. The van der Waals surface area contributed by atoms with Gasteiger partial charge in [0, 0.05) is 13.2 Å². The Hall–Kier alpha value is -0.910. The number of amides is 1. The molecule has 1 amide bonds. The van der Waals surface area contributed by atoms with E-state index >= 15 is 0 Å². The van der Waals surface area contributed by atoms with Gasteiger partial charge in [0.2, 0.25) is 5.91 Å². The van der Waals surface area contributed by atoms with Gasteiger partial charge in [0.1, 0.15) is 35.9 Å². The molecule has 0 saturated carbocycles. The van der Waals surface area contributed by atoms with E-state index in [9.17, 15) is 20.1 Å². The molecule has 8 nitrogen and oxygen atoms in total. The van der Waals surface area contributed by atoms with Gasteiger partial charge in [0.25, 0.3) is 0 Å². The van der Waals surface area contributed by atoms with E-state index in [0.717, 1.165) is 25.7 Å². The topological polar surface area (TPSA) is 120 Å². The van der Waals surface area contributed by atoms with Crippen LogP contribution in [-0.2, 0) is 20.7 Å². The minimum Gasteiger partial charge on any atom is -0.388 e. The normalized spacial score (nSPS) is 38.6. The average molecular weight is 543 g/mol. The van der Waals surface area contributed by atoms with Gasteiger partial charge < -0.3 is 35.4 Å². The lowest BCUT2D eigenvalue weighted by Crippen LogP contribution is -2.65. The van der Waals surface area contributed by atoms with E-state index in [4.69, 9.17) is 21.1 Å². The molecule has 0 radical (unpaired) electrons. The third kappa shape index (κ3) is 6.38. The fourth-order valence-corrected chi connectivity index (χ4v) is 6.63. The number of nitrogens with one attached hydrogen (secondary N) is 2. The summed E-state index contributed by atoms with van der Waals surface area (Å²) in [5, 5.41) is 36.8. The van der Waals surface area contributed by atoms with Gasteiger partial charge in [-0.3, -0.25) is 4.79 Å². The molecule has 3 heterocycles.